The van der Waals surface area contributed by atoms with E-state index in [1.807, 2.05) is 0 Å². The predicted octanol–water partition coefficient (Wildman–Crippen LogP) is 0.887. The van der Waals surface area contributed by atoms with E-state index in [2.05, 4.69) is 10.2 Å². The fraction of sp³-hybridized carbons (Fsp3) is 1.00. The number of nitrogens with zero attached hydrogens (tertiary/aromatic N) is 1. The molecule has 2 saturated heterocycles. The molecule has 1 N–H and O–H groups in total. The standard InChI is InChI=1S/C13H26N2O2S/c16-18(17)11-5-13(12-18)4-6-14-7-10-15-8-2-1-3-9-15/h13-14H,1-12H2. The van der Waals surface area contributed by atoms with Gasteiger partial charge in [-0.3, -0.25) is 0 Å². The van der Waals surface area contributed by atoms with E-state index >= 15 is 0 Å². The van der Waals surface area contributed by atoms with Crippen LogP contribution in [-0.4, -0.2) is 57.5 Å². The quantitative estimate of drug-likeness (QED) is 0.731. The third kappa shape index (κ3) is 4.86. The van der Waals surface area contributed by atoms with Gasteiger partial charge in [-0.1, -0.05) is 6.42 Å². The van der Waals surface area contributed by atoms with E-state index in [1.165, 1.54) is 32.4 Å². The minimum absolute atomic E-state index is 0.400. The van der Waals surface area contributed by atoms with Gasteiger partial charge in [0, 0.05) is 13.1 Å². The summed E-state index contributed by atoms with van der Waals surface area (Å²) in [5, 5.41) is 3.45. The van der Waals surface area contributed by atoms with Crippen LogP contribution in [0.3, 0.4) is 0 Å². The molecule has 2 aliphatic rings. The van der Waals surface area contributed by atoms with Crippen molar-refractivity contribution in [3.8, 4) is 0 Å². The number of hydrogen-bond donors (Lipinski definition) is 1. The predicted molar refractivity (Wildman–Crippen MR) is 74.5 cm³/mol. The third-order valence-electron chi connectivity index (χ3n) is 4.11. The summed E-state index contributed by atoms with van der Waals surface area (Å²) >= 11 is 0. The summed E-state index contributed by atoms with van der Waals surface area (Å²) in [5.74, 6) is 1.23. The minimum Gasteiger partial charge on any atom is -0.315 e. The Morgan fingerprint density at radius 2 is 1.89 bits per heavy atom. The van der Waals surface area contributed by atoms with Gasteiger partial charge < -0.3 is 10.2 Å². The normalized spacial score (nSPS) is 28.6. The average molecular weight is 274 g/mol. The summed E-state index contributed by atoms with van der Waals surface area (Å²) in [6, 6.07) is 0. The Labute approximate surface area is 111 Å². The Hall–Kier alpha value is -0.130. The van der Waals surface area contributed by atoms with Crippen molar-refractivity contribution in [2.45, 2.75) is 32.1 Å². The Kier molecular flexibility index (Phi) is 5.45. The molecule has 2 aliphatic heterocycles. The number of rotatable bonds is 6. The molecule has 2 heterocycles. The number of nitrogens with one attached hydrogen (secondary N) is 1. The SMILES string of the molecule is O=S1(=O)CCC(CCNCCN2CCCCC2)C1. The lowest BCUT2D eigenvalue weighted by Gasteiger charge is -2.26. The number of hydrogen-bond acceptors (Lipinski definition) is 4. The van der Waals surface area contributed by atoms with E-state index in [9.17, 15) is 8.42 Å². The van der Waals surface area contributed by atoms with Gasteiger partial charge in [-0.05, 0) is 51.2 Å². The maximum absolute atomic E-state index is 11.3. The van der Waals surface area contributed by atoms with Crippen molar-refractivity contribution >= 4 is 9.84 Å². The van der Waals surface area contributed by atoms with Gasteiger partial charge >= 0.3 is 0 Å². The summed E-state index contributed by atoms with van der Waals surface area (Å²) in [6.45, 7) is 5.65. The number of sulfone groups is 1. The van der Waals surface area contributed by atoms with Crippen molar-refractivity contribution in [2.75, 3.05) is 44.2 Å². The first-order chi connectivity index (χ1) is 8.66. The fourth-order valence-electron chi connectivity index (χ4n) is 2.95. The molecule has 0 aromatic carbocycles. The Bertz CT molecular complexity index is 337. The smallest absolute Gasteiger partial charge is 0.150 e. The zero-order valence-electron chi connectivity index (χ0n) is 11.2. The molecule has 0 spiro atoms. The van der Waals surface area contributed by atoms with E-state index in [0.29, 0.717) is 17.4 Å². The Balaban J connectivity index is 1.49. The molecule has 0 amide bonds. The van der Waals surface area contributed by atoms with Crippen LogP contribution in [0.4, 0.5) is 0 Å². The van der Waals surface area contributed by atoms with Crippen LogP contribution < -0.4 is 5.32 Å². The molecule has 2 fully saturated rings. The highest BCUT2D eigenvalue weighted by molar-refractivity contribution is 7.91. The summed E-state index contributed by atoms with van der Waals surface area (Å²) < 4.78 is 22.6. The van der Waals surface area contributed by atoms with Gasteiger partial charge in [-0.15, -0.1) is 0 Å². The van der Waals surface area contributed by atoms with Crippen molar-refractivity contribution in [3.63, 3.8) is 0 Å². The molecule has 5 heteroatoms. The van der Waals surface area contributed by atoms with Crippen LogP contribution in [0.15, 0.2) is 0 Å². The fourth-order valence-corrected chi connectivity index (χ4v) is 4.86. The number of likely N-dealkylation sites (tertiary alicyclic amines) is 1. The monoisotopic (exact) mass is 274 g/mol. The Morgan fingerprint density at radius 1 is 1.11 bits per heavy atom. The Morgan fingerprint density at radius 3 is 2.56 bits per heavy atom. The van der Waals surface area contributed by atoms with Gasteiger partial charge in [0.1, 0.15) is 0 Å². The van der Waals surface area contributed by atoms with Crippen LogP contribution >= 0.6 is 0 Å². The van der Waals surface area contributed by atoms with E-state index in [1.54, 1.807) is 0 Å². The van der Waals surface area contributed by atoms with Crippen LogP contribution in [0.2, 0.25) is 0 Å². The van der Waals surface area contributed by atoms with E-state index < -0.39 is 9.84 Å². The molecule has 18 heavy (non-hydrogen) atoms. The highest BCUT2D eigenvalue weighted by atomic mass is 32.2. The van der Waals surface area contributed by atoms with Gasteiger partial charge in [0.15, 0.2) is 9.84 Å². The van der Waals surface area contributed by atoms with Gasteiger partial charge in [0.05, 0.1) is 11.5 Å². The van der Waals surface area contributed by atoms with Crippen molar-refractivity contribution in [1.29, 1.82) is 0 Å². The van der Waals surface area contributed by atoms with Crippen molar-refractivity contribution in [1.82, 2.24) is 10.2 Å². The molecule has 4 nitrogen and oxygen atoms in total. The van der Waals surface area contributed by atoms with E-state index in [4.69, 9.17) is 0 Å². The van der Waals surface area contributed by atoms with Crippen LogP contribution in [0.5, 0.6) is 0 Å². The van der Waals surface area contributed by atoms with E-state index in [-0.39, 0.29) is 0 Å². The second-order valence-corrected chi connectivity index (χ2v) is 7.94. The highest BCUT2D eigenvalue weighted by Crippen LogP contribution is 2.20. The van der Waals surface area contributed by atoms with Crippen LogP contribution in [0.25, 0.3) is 0 Å². The number of piperidine rings is 1. The molecule has 1 atom stereocenters. The van der Waals surface area contributed by atoms with Crippen molar-refractivity contribution < 1.29 is 8.42 Å². The van der Waals surface area contributed by atoms with Crippen LogP contribution in [-0.2, 0) is 9.84 Å². The average Bonchev–Trinajstić information content (AvgIpc) is 2.70. The maximum atomic E-state index is 11.3. The van der Waals surface area contributed by atoms with Gasteiger partial charge in [0.2, 0.25) is 0 Å². The lowest BCUT2D eigenvalue weighted by Crippen LogP contribution is -2.36. The molecular formula is C13H26N2O2S. The third-order valence-corrected chi connectivity index (χ3v) is 5.95. The molecule has 0 aliphatic carbocycles. The molecule has 0 radical (unpaired) electrons. The van der Waals surface area contributed by atoms with E-state index in [0.717, 1.165) is 32.5 Å². The molecule has 0 aromatic heterocycles. The summed E-state index contributed by atoms with van der Waals surface area (Å²) in [4.78, 5) is 2.52. The lowest BCUT2D eigenvalue weighted by molar-refractivity contribution is 0.228. The summed E-state index contributed by atoms with van der Waals surface area (Å²) in [7, 11) is -2.69. The summed E-state index contributed by atoms with van der Waals surface area (Å²) in [6.07, 6.45) is 5.97. The zero-order chi connectivity index (χ0) is 12.8. The largest absolute Gasteiger partial charge is 0.315 e. The molecule has 0 aromatic rings. The van der Waals surface area contributed by atoms with Gasteiger partial charge in [0.25, 0.3) is 0 Å². The molecule has 0 bridgehead atoms. The second-order valence-electron chi connectivity index (χ2n) is 5.71. The molecule has 106 valence electrons. The first-order valence-electron chi connectivity index (χ1n) is 7.29. The molecule has 2 rings (SSSR count). The first-order valence-corrected chi connectivity index (χ1v) is 9.11. The summed E-state index contributed by atoms with van der Waals surface area (Å²) in [5.41, 5.74) is 0. The van der Waals surface area contributed by atoms with Gasteiger partial charge in [-0.2, -0.15) is 0 Å². The van der Waals surface area contributed by atoms with Crippen LogP contribution in [0, 0.1) is 5.92 Å². The molecule has 0 saturated carbocycles. The van der Waals surface area contributed by atoms with Crippen molar-refractivity contribution in [3.05, 3.63) is 0 Å². The molecular weight excluding hydrogens is 248 g/mol. The minimum atomic E-state index is -2.69. The first kappa shape index (κ1) is 14.3. The lowest BCUT2D eigenvalue weighted by atomic mass is 10.1. The maximum Gasteiger partial charge on any atom is 0.150 e. The van der Waals surface area contributed by atoms with Gasteiger partial charge in [-0.25, -0.2) is 8.42 Å². The highest BCUT2D eigenvalue weighted by Gasteiger charge is 2.27. The zero-order valence-corrected chi connectivity index (χ0v) is 12.1. The molecule has 1 unspecified atom stereocenters. The van der Waals surface area contributed by atoms with Crippen molar-refractivity contribution in [2.24, 2.45) is 5.92 Å². The second kappa shape index (κ2) is 6.87. The topological polar surface area (TPSA) is 49.4 Å². The van der Waals surface area contributed by atoms with Crippen LogP contribution in [0.1, 0.15) is 32.1 Å².